The molecule has 164 valence electrons. The Labute approximate surface area is 170 Å². The summed E-state index contributed by atoms with van der Waals surface area (Å²) in [5, 5.41) is 7.57. The molecule has 0 heterocycles. The maximum Gasteiger partial charge on any atom is 0.306 e. The van der Waals surface area contributed by atoms with E-state index < -0.39 is 0 Å². The molecule has 0 saturated carbocycles. The van der Waals surface area contributed by atoms with Crippen molar-refractivity contribution in [1.82, 2.24) is 4.90 Å². The number of unbranched alkanes of at least 4 members (excludes halogenated alkanes) is 6. The molecule has 0 radical (unpaired) electrons. The Morgan fingerprint density at radius 3 is 2.00 bits per heavy atom. The van der Waals surface area contributed by atoms with Crippen molar-refractivity contribution < 1.29 is 14.6 Å². The van der Waals surface area contributed by atoms with E-state index in [1.54, 1.807) is 6.92 Å². The molecule has 0 saturated heterocycles. The number of carbonyl (C=O) groups is 1. The minimum absolute atomic E-state index is 0.0222. The van der Waals surface area contributed by atoms with Gasteiger partial charge < -0.3 is 14.7 Å². The minimum atomic E-state index is -0.0222. The Kier molecular flexibility index (Phi) is 24.8. The Balaban J connectivity index is 0. The first-order chi connectivity index (χ1) is 13.0. The predicted molar refractivity (Wildman–Crippen MR) is 117 cm³/mol. The number of carbonyl (C=O) groups excluding carboxylic acids is 1. The van der Waals surface area contributed by atoms with Gasteiger partial charge in [-0.15, -0.1) is 0 Å². The highest BCUT2D eigenvalue weighted by Gasteiger charge is 2.09. The third-order valence-corrected chi connectivity index (χ3v) is 4.70. The van der Waals surface area contributed by atoms with Crippen LogP contribution in [0.2, 0.25) is 0 Å². The molecule has 1 unspecified atom stereocenters. The molecule has 0 aromatic carbocycles. The first kappa shape index (κ1) is 28.6. The fourth-order valence-corrected chi connectivity index (χ4v) is 3.13. The zero-order chi connectivity index (χ0) is 20.8. The van der Waals surface area contributed by atoms with E-state index in [1.165, 1.54) is 51.5 Å². The number of nitrogens with zero attached hydrogens (tertiary/aromatic N) is 1. The van der Waals surface area contributed by atoms with Crippen molar-refractivity contribution in [3.05, 3.63) is 0 Å². The summed E-state index contributed by atoms with van der Waals surface area (Å²) < 4.78 is 5.37. The molecular formula is C23H49NO3. The van der Waals surface area contributed by atoms with Crippen LogP contribution >= 0.6 is 0 Å². The maximum absolute atomic E-state index is 11.7. The van der Waals surface area contributed by atoms with E-state index in [4.69, 9.17) is 9.84 Å². The number of ether oxygens (including phenoxy) is 1. The molecule has 27 heavy (non-hydrogen) atoms. The summed E-state index contributed by atoms with van der Waals surface area (Å²) in [6.07, 6.45) is 13.3. The van der Waals surface area contributed by atoms with Gasteiger partial charge in [0.15, 0.2) is 0 Å². The zero-order valence-corrected chi connectivity index (χ0v) is 19.1. The summed E-state index contributed by atoms with van der Waals surface area (Å²) in [6, 6.07) is 0. The van der Waals surface area contributed by atoms with Gasteiger partial charge in [-0.25, -0.2) is 0 Å². The van der Waals surface area contributed by atoms with Gasteiger partial charge in [-0.05, 0) is 38.8 Å². The van der Waals surface area contributed by atoms with Crippen LogP contribution in [-0.4, -0.2) is 48.8 Å². The molecule has 1 atom stereocenters. The third-order valence-electron chi connectivity index (χ3n) is 4.70. The summed E-state index contributed by atoms with van der Waals surface area (Å²) in [4.78, 5) is 14.2. The van der Waals surface area contributed by atoms with Crippen molar-refractivity contribution in [2.24, 2.45) is 5.92 Å². The number of rotatable bonds is 17. The van der Waals surface area contributed by atoms with Crippen LogP contribution in [0.5, 0.6) is 0 Å². The predicted octanol–water partition coefficient (Wildman–Crippen LogP) is 5.82. The average molecular weight is 388 g/mol. The lowest BCUT2D eigenvalue weighted by atomic mass is 10.0. The van der Waals surface area contributed by atoms with E-state index in [-0.39, 0.29) is 12.6 Å². The molecule has 0 aliphatic heterocycles. The smallest absolute Gasteiger partial charge is 0.306 e. The largest absolute Gasteiger partial charge is 0.466 e. The van der Waals surface area contributed by atoms with Crippen molar-refractivity contribution in [3.8, 4) is 0 Å². The number of aliphatic hydroxyl groups excluding tert-OH is 1. The topological polar surface area (TPSA) is 49.8 Å². The van der Waals surface area contributed by atoms with Gasteiger partial charge in [-0.2, -0.15) is 0 Å². The van der Waals surface area contributed by atoms with E-state index in [0.717, 1.165) is 32.4 Å². The molecule has 0 aromatic rings. The lowest BCUT2D eigenvalue weighted by molar-refractivity contribution is -0.144. The summed E-state index contributed by atoms with van der Waals surface area (Å²) in [7, 11) is 0. The van der Waals surface area contributed by atoms with Gasteiger partial charge in [0, 0.05) is 19.6 Å². The van der Waals surface area contributed by atoms with E-state index in [1.807, 2.05) is 0 Å². The lowest BCUT2D eigenvalue weighted by Gasteiger charge is -2.20. The van der Waals surface area contributed by atoms with Gasteiger partial charge in [0.05, 0.1) is 6.61 Å². The van der Waals surface area contributed by atoms with Gasteiger partial charge in [0.25, 0.3) is 0 Å². The molecule has 0 spiro atoms. The molecule has 0 fully saturated rings. The minimum Gasteiger partial charge on any atom is -0.466 e. The van der Waals surface area contributed by atoms with E-state index in [0.29, 0.717) is 18.9 Å². The number of aliphatic hydroxyl groups is 1. The van der Waals surface area contributed by atoms with Crippen molar-refractivity contribution in [2.75, 3.05) is 32.8 Å². The van der Waals surface area contributed by atoms with Crippen LogP contribution in [0.25, 0.3) is 0 Å². The van der Waals surface area contributed by atoms with E-state index in [9.17, 15) is 4.79 Å². The molecule has 4 heteroatoms. The molecule has 0 amide bonds. The molecule has 4 nitrogen and oxygen atoms in total. The third kappa shape index (κ3) is 23.4. The van der Waals surface area contributed by atoms with Crippen LogP contribution in [-0.2, 0) is 9.53 Å². The number of hydrogen-bond acceptors (Lipinski definition) is 4. The fraction of sp³-hybridized carbons (Fsp3) is 0.957. The molecule has 0 aliphatic rings. The van der Waals surface area contributed by atoms with Gasteiger partial charge in [0.1, 0.15) is 0 Å². The summed E-state index contributed by atoms with van der Waals surface area (Å²) >= 11 is 0. The Morgan fingerprint density at radius 2 is 1.44 bits per heavy atom. The summed E-state index contributed by atoms with van der Waals surface area (Å²) in [6.45, 7) is 14.6. The fourth-order valence-electron chi connectivity index (χ4n) is 3.13. The molecular weight excluding hydrogens is 338 g/mol. The highest BCUT2D eigenvalue weighted by atomic mass is 16.5. The number of esters is 1. The molecule has 0 bridgehead atoms. The Hall–Kier alpha value is -0.610. The van der Waals surface area contributed by atoms with Crippen molar-refractivity contribution >= 4 is 5.97 Å². The van der Waals surface area contributed by atoms with E-state index >= 15 is 0 Å². The monoisotopic (exact) mass is 387 g/mol. The summed E-state index contributed by atoms with van der Waals surface area (Å²) in [5.41, 5.74) is 0. The second kappa shape index (κ2) is 23.4. The standard InChI is InChI=1S/C21H43NO2.C2H6O/c1-5-8-9-10-11-12-13-16-22(7-3)17-14-18-24-21(23)19-20(4)15-6-2;1-2-3/h20H,5-19H2,1-4H3;3H,2H2,1H3. The van der Waals surface area contributed by atoms with Gasteiger partial charge >= 0.3 is 5.97 Å². The number of hydrogen-bond donors (Lipinski definition) is 1. The van der Waals surface area contributed by atoms with Gasteiger partial charge in [-0.3, -0.25) is 4.79 Å². The average Bonchev–Trinajstić information content (AvgIpc) is 2.63. The van der Waals surface area contributed by atoms with Crippen LogP contribution < -0.4 is 0 Å². The second-order valence-corrected chi connectivity index (χ2v) is 7.54. The quantitative estimate of drug-likeness (QED) is 0.252. The maximum atomic E-state index is 11.7. The van der Waals surface area contributed by atoms with E-state index in [2.05, 4.69) is 32.6 Å². The Morgan fingerprint density at radius 1 is 0.889 bits per heavy atom. The van der Waals surface area contributed by atoms with Crippen LogP contribution in [0.15, 0.2) is 0 Å². The zero-order valence-electron chi connectivity index (χ0n) is 19.1. The van der Waals surface area contributed by atoms with Crippen LogP contribution in [0.4, 0.5) is 0 Å². The highest BCUT2D eigenvalue weighted by molar-refractivity contribution is 5.69. The molecule has 0 rings (SSSR count). The second-order valence-electron chi connectivity index (χ2n) is 7.54. The normalized spacial score (nSPS) is 11.8. The molecule has 1 N–H and O–H groups in total. The highest BCUT2D eigenvalue weighted by Crippen LogP contribution is 2.11. The van der Waals surface area contributed by atoms with Crippen molar-refractivity contribution in [2.45, 2.75) is 105 Å². The van der Waals surface area contributed by atoms with Crippen LogP contribution in [0.3, 0.4) is 0 Å². The van der Waals surface area contributed by atoms with Gasteiger partial charge in [-0.1, -0.05) is 79.1 Å². The lowest BCUT2D eigenvalue weighted by Crippen LogP contribution is -2.27. The SMILES string of the molecule is CCCCCCCCCN(CC)CCCOC(=O)CC(C)CCC.CCO. The van der Waals surface area contributed by atoms with Crippen LogP contribution in [0.1, 0.15) is 105 Å². The first-order valence-electron chi connectivity index (χ1n) is 11.5. The van der Waals surface area contributed by atoms with Crippen molar-refractivity contribution in [3.63, 3.8) is 0 Å². The van der Waals surface area contributed by atoms with Crippen LogP contribution in [0, 0.1) is 5.92 Å². The van der Waals surface area contributed by atoms with Crippen molar-refractivity contribution in [1.29, 1.82) is 0 Å². The summed E-state index contributed by atoms with van der Waals surface area (Å²) in [5.74, 6) is 0.429. The Bertz CT molecular complexity index is 297. The first-order valence-corrected chi connectivity index (χ1v) is 11.5. The van der Waals surface area contributed by atoms with Gasteiger partial charge in [0.2, 0.25) is 0 Å². The molecule has 0 aliphatic carbocycles. The molecule has 0 aromatic heterocycles.